The van der Waals surface area contributed by atoms with Crippen molar-refractivity contribution in [1.82, 2.24) is 0 Å². The Kier molecular flexibility index (Phi) is 5.21. The molecule has 2 aromatic rings. The smallest absolute Gasteiger partial charge is 0.122 e. The van der Waals surface area contributed by atoms with Crippen molar-refractivity contribution in [1.29, 1.82) is 5.41 Å². The summed E-state index contributed by atoms with van der Waals surface area (Å²) in [5.41, 5.74) is 16.9. The highest BCUT2D eigenvalue weighted by Gasteiger charge is 2.10. The molecule has 22 heavy (non-hydrogen) atoms. The third-order valence-electron chi connectivity index (χ3n) is 4.13. The number of nitrogens with one attached hydrogen (secondary N) is 1. The molecule has 1 unspecified atom stereocenters. The van der Waals surface area contributed by atoms with E-state index in [-0.39, 0.29) is 5.84 Å². The minimum absolute atomic E-state index is 0.126. The standard InChI is InChI=1S/C19H25N3/c1-3-13(2)9-17-12-16(19(21)22)8-7-15(17)10-14-5-4-6-18(20)11-14/h4-8,11-13H,3,9-10,20H2,1-2H3,(H3,21,22). The van der Waals surface area contributed by atoms with Gasteiger partial charge in [0, 0.05) is 11.3 Å². The van der Waals surface area contributed by atoms with E-state index < -0.39 is 0 Å². The molecular weight excluding hydrogens is 270 g/mol. The van der Waals surface area contributed by atoms with E-state index in [9.17, 15) is 0 Å². The average molecular weight is 295 g/mol. The zero-order chi connectivity index (χ0) is 16.1. The Morgan fingerprint density at radius 3 is 2.55 bits per heavy atom. The molecule has 3 nitrogen and oxygen atoms in total. The molecule has 0 spiro atoms. The predicted octanol–water partition coefficient (Wildman–Crippen LogP) is 3.73. The first-order valence-electron chi connectivity index (χ1n) is 7.80. The maximum Gasteiger partial charge on any atom is 0.122 e. The SMILES string of the molecule is CCC(C)Cc1cc(C(=N)N)ccc1Cc1cccc(N)c1. The second kappa shape index (κ2) is 7.12. The van der Waals surface area contributed by atoms with Gasteiger partial charge >= 0.3 is 0 Å². The Labute approximate surface area is 132 Å². The monoisotopic (exact) mass is 295 g/mol. The highest BCUT2D eigenvalue weighted by atomic mass is 14.7. The third-order valence-corrected chi connectivity index (χ3v) is 4.13. The summed E-state index contributed by atoms with van der Waals surface area (Å²) in [6.45, 7) is 4.46. The van der Waals surface area contributed by atoms with E-state index >= 15 is 0 Å². The summed E-state index contributed by atoms with van der Waals surface area (Å²) < 4.78 is 0. The average Bonchev–Trinajstić information content (AvgIpc) is 2.48. The normalized spacial score (nSPS) is 12.1. The maximum absolute atomic E-state index is 7.64. The van der Waals surface area contributed by atoms with Gasteiger partial charge in [0.2, 0.25) is 0 Å². The summed E-state index contributed by atoms with van der Waals surface area (Å²) in [5, 5.41) is 7.64. The van der Waals surface area contributed by atoms with Gasteiger partial charge in [-0.05, 0) is 53.6 Å². The van der Waals surface area contributed by atoms with Crippen molar-refractivity contribution >= 4 is 11.5 Å². The predicted molar refractivity (Wildman–Crippen MR) is 94.3 cm³/mol. The molecule has 5 N–H and O–H groups in total. The molecule has 3 heteroatoms. The van der Waals surface area contributed by atoms with Crippen LogP contribution in [0.2, 0.25) is 0 Å². The lowest BCUT2D eigenvalue weighted by Gasteiger charge is -2.15. The van der Waals surface area contributed by atoms with Gasteiger partial charge in [-0.1, -0.05) is 44.5 Å². The molecule has 0 aliphatic carbocycles. The van der Waals surface area contributed by atoms with E-state index in [1.165, 1.54) is 16.7 Å². The van der Waals surface area contributed by atoms with Gasteiger partial charge in [0.05, 0.1) is 0 Å². The van der Waals surface area contributed by atoms with E-state index in [4.69, 9.17) is 16.9 Å². The third kappa shape index (κ3) is 4.10. The largest absolute Gasteiger partial charge is 0.399 e. The molecule has 0 aliphatic rings. The Balaban J connectivity index is 2.34. The van der Waals surface area contributed by atoms with Gasteiger partial charge in [-0.3, -0.25) is 5.41 Å². The molecule has 2 rings (SSSR count). The van der Waals surface area contributed by atoms with Crippen molar-refractivity contribution in [2.75, 3.05) is 5.73 Å². The van der Waals surface area contributed by atoms with Crippen LogP contribution >= 0.6 is 0 Å². The number of anilines is 1. The molecule has 0 aliphatic heterocycles. The van der Waals surface area contributed by atoms with Gasteiger partial charge in [0.25, 0.3) is 0 Å². The fourth-order valence-corrected chi connectivity index (χ4v) is 2.60. The van der Waals surface area contributed by atoms with E-state index in [1.54, 1.807) is 0 Å². The molecule has 0 saturated carbocycles. The minimum atomic E-state index is 0.126. The number of rotatable bonds is 6. The Morgan fingerprint density at radius 1 is 1.14 bits per heavy atom. The fraction of sp³-hybridized carbons (Fsp3) is 0.316. The van der Waals surface area contributed by atoms with Gasteiger partial charge in [-0.2, -0.15) is 0 Å². The molecule has 0 bridgehead atoms. The van der Waals surface area contributed by atoms with Crippen LogP contribution in [0.1, 0.15) is 42.5 Å². The number of nitrogen functional groups attached to an aromatic ring is 2. The number of amidine groups is 1. The number of hydrogen-bond donors (Lipinski definition) is 3. The van der Waals surface area contributed by atoms with Crippen molar-refractivity contribution in [2.24, 2.45) is 11.7 Å². The lowest BCUT2D eigenvalue weighted by Crippen LogP contribution is -2.13. The zero-order valence-electron chi connectivity index (χ0n) is 13.4. The topological polar surface area (TPSA) is 75.9 Å². The van der Waals surface area contributed by atoms with Gasteiger partial charge in [-0.15, -0.1) is 0 Å². The molecule has 0 heterocycles. The van der Waals surface area contributed by atoms with Gasteiger partial charge in [0.1, 0.15) is 5.84 Å². The van der Waals surface area contributed by atoms with E-state index in [1.807, 2.05) is 24.3 Å². The van der Waals surface area contributed by atoms with E-state index in [2.05, 4.69) is 32.0 Å². The van der Waals surface area contributed by atoms with Gasteiger partial charge in [0.15, 0.2) is 0 Å². The highest BCUT2D eigenvalue weighted by molar-refractivity contribution is 5.95. The summed E-state index contributed by atoms with van der Waals surface area (Å²) in [7, 11) is 0. The number of hydrogen-bond acceptors (Lipinski definition) is 2. The lowest BCUT2D eigenvalue weighted by atomic mass is 9.90. The Hall–Kier alpha value is -2.29. The van der Waals surface area contributed by atoms with Crippen LogP contribution in [0.3, 0.4) is 0 Å². The molecule has 0 aromatic heterocycles. The minimum Gasteiger partial charge on any atom is -0.399 e. The number of benzene rings is 2. The van der Waals surface area contributed by atoms with Crippen LogP contribution in [0.25, 0.3) is 0 Å². The first-order chi connectivity index (χ1) is 10.5. The lowest BCUT2D eigenvalue weighted by molar-refractivity contribution is 0.558. The summed E-state index contributed by atoms with van der Waals surface area (Å²) >= 11 is 0. The zero-order valence-corrected chi connectivity index (χ0v) is 13.4. The summed E-state index contributed by atoms with van der Waals surface area (Å²) in [6.07, 6.45) is 3.01. The highest BCUT2D eigenvalue weighted by Crippen LogP contribution is 2.21. The summed E-state index contributed by atoms with van der Waals surface area (Å²) in [6, 6.07) is 14.1. The second-order valence-corrected chi connectivity index (χ2v) is 6.04. The maximum atomic E-state index is 7.64. The Morgan fingerprint density at radius 2 is 1.91 bits per heavy atom. The van der Waals surface area contributed by atoms with Gasteiger partial charge in [-0.25, -0.2) is 0 Å². The quantitative estimate of drug-likeness (QED) is 0.431. The molecule has 1 atom stereocenters. The molecule has 0 fully saturated rings. The fourth-order valence-electron chi connectivity index (χ4n) is 2.60. The molecule has 0 radical (unpaired) electrons. The van der Waals surface area contributed by atoms with Crippen LogP contribution in [0, 0.1) is 11.3 Å². The summed E-state index contributed by atoms with van der Waals surface area (Å²) in [5.74, 6) is 0.739. The van der Waals surface area contributed by atoms with Crippen LogP contribution in [0.5, 0.6) is 0 Å². The van der Waals surface area contributed by atoms with Gasteiger partial charge < -0.3 is 11.5 Å². The van der Waals surface area contributed by atoms with E-state index in [0.717, 1.165) is 30.5 Å². The first kappa shape index (κ1) is 16.1. The van der Waals surface area contributed by atoms with Crippen molar-refractivity contribution in [3.8, 4) is 0 Å². The number of nitrogens with two attached hydrogens (primary N) is 2. The van der Waals surface area contributed by atoms with Crippen LogP contribution in [-0.4, -0.2) is 5.84 Å². The van der Waals surface area contributed by atoms with Crippen LogP contribution in [0.15, 0.2) is 42.5 Å². The van der Waals surface area contributed by atoms with Crippen LogP contribution < -0.4 is 11.5 Å². The first-order valence-corrected chi connectivity index (χ1v) is 7.80. The van der Waals surface area contributed by atoms with Crippen molar-refractivity contribution in [3.63, 3.8) is 0 Å². The Bertz CT molecular complexity index is 661. The van der Waals surface area contributed by atoms with Crippen molar-refractivity contribution in [2.45, 2.75) is 33.1 Å². The second-order valence-electron chi connectivity index (χ2n) is 6.04. The van der Waals surface area contributed by atoms with Crippen LogP contribution in [-0.2, 0) is 12.8 Å². The molecule has 0 saturated heterocycles. The van der Waals surface area contributed by atoms with Crippen molar-refractivity contribution < 1.29 is 0 Å². The van der Waals surface area contributed by atoms with Crippen molar-refractivity contribution in [3.05, 3.63) is 64.7 Å². The molecule has 116 valence electrons. The molecule has 2 aromatic carbocycles. The van der Waals surface area contributed by atoms with Crippen LogP contribution in [0.4, 0.5) is 5.69 Å². The summed E-state index contributed by atoms with van der Waals surface area (Å²) in [4.78, 5) is 0. The molecular formula is C19H25N3. The van der Waals surface area contributed by atoms with E-state index in [0.29, 0.717) is 5.92 Å². The molecule has 0 amide bonds.